The highest BCUT2D eigenvalue weighted by molar-refractivity contribution is 9.10. The molecule has 0 amide bonds. The number of carbonyl (C=O) groups is 1. The fourth-order valence-corrected chi connectivity index (χ4v) is 4.28. The second-order valence-electron chi connectivity index (χ2n) is 10.5. The van der Waals surface area contributed by atoms with Crippen LogP contribution < -0.4 is 0 Å². The number of aliphatic carboxylic acids is 1. The number of rotatable bonds is 14. The first-order valence-electron chi connectivity index (χ1n) is 13.0. The highest BCUT2D eigenvalue weighted by Gasteiger charge is 2.28. The van der Waals surface area contributed by atoms with E-state index in [1.165, 1.54) is 6.08 Å². The third-order valence-electron chi connectivity index (χ3n) is 6.32. The molecule has 0 bridgehead atoms. The number of carboxylic acid groups (broad SMARTS) is 1. The highest BCUT2D eigenvalue weighted by atomic mass is 79.9. The molecule has 1 rings (SSSR count). The number of allylic oxidation sites excluding steroid dienone is 6. The van der Waals surface area contributed by atoms with Gasteiger partial charge in [0.1, 0.15) is 5.75 Å². The number of phenols is 1. The molecule has 0 aromatic heterocycles. The van der Waals surface area contributed by atoms with Gasteiger partial charge in [0.25, 0.3) is 0 Å². The van der Waals surface area contributed by atoms with Crippen molar-refractivity contribution in [3.8, 4) is 17.6 Å². The molecule has 0 radical (unpaired) electrons. The average molecular weight is 572 g/mol. The summed E-state index contributed by atoms with van der Waals surface area (Å²) in [5.41, 5.74) is 0.0824. The van der Waals surface area contributed by atoms with Gasteiger partial charge in [-0.1, -0.05) is 102 Å². The average Bonchev–Trinajstić information content (AvgIpc) is 2.83. The molecule has 0 aliphatic heterocycles. The number of halogens is 1. The second kappa shape index (κ2) is 17.1. The summed E-state index contributed by atoms with van der Waals surface area (Å²) in [6.07, 6.45) is 19.5. The molecule has 0 fully saturated rings. The Morgan fingerprint density at radius 1 is 1.03 bits per heavy atom. The van der Waals surface area contributed by atoms with Gasteiger partial charge in [0.05, 0.1) is 10.6 Å². The first kappa shape index (κ1) is 32.5. The molecule has 0 saturated carbocycles. The summed E-state index contributed by atoms with van der Waals surface area (Å²) >= 11 is 3.35. The lowest BCUT2D eigenvalue weighted by atomic mass is 9.82. The molecule has 37 heavy (non-hydrogen) atoms. The Morgan fingerprint density at radius 2 is 1.70 bits per heavy atom. The summed E-state index contributed by atoms with van der Waals surface area (Å²) in [5.74, 6) is 6.72. The molecule has 4 nitrogen and oxygen atoms in total. The molecule has 0 aliphatic carbocycles. The SMILES string of the molecule is C[C@@H](C/C=C\C(=O)O)CCC[C@H](C)/C=C/[C@@H](C)C/C=C/C#C/C=C/C(C)(C)C(O)c1cccc(O)c1Br. The second-order valence-corrected chi connectivity index (χ2v) is 11.3. The Bertz CT molecular complexity index is 1020. The maximum absolute atomic E-state index is 10.8. The number of carboxylic acids is 1. The van der Waals surface area contributed by atoms with Crippen LogP contribution in [0.15, 0.2) is 71.3 Å². The van der Waals surface area contributed by atoms with Crippen molar-refractivity contribution in [3.63, 3.8) is 0 Å². The van der Waals surface area contributed by atoms with Crippen LogP contribution in [0, 0.1) is 35.0 Å². The van der Waals surface area contributed by atoms with E-state index in [-0.39, 0.29) is 5.75 Å². The van der Waals surface area contributed by atoms with Gasteiger partial charge in [-0.05, 0) is 76.7 Å². The minimum atomic E-state index is -0.880. The van der Waals surface area contributed by atoms with Crippen molar-refractivity contribution in [1.29, 1.82) is 0 Å². The Kier molecular flexibility index (Phi) is 15.0. The minimum absolute atomic E-state index is 0.106. The summed E-state index contributed by atoms with van der Waals surface area (Å²) in [4.78, 5) is 10.5. The van der Waals surface area contributed by atoms with E-state index in [2.05, 4.69) is 66.8 Å². The Morgan fingerprint density at radius 3 is 2.41 bits per heavy atom. The van der Waals surface area contributed by atoms with Crippen molar-refractivity contribution in [2.75, 3.05) is 0 Å². The zero-order valence-corrected chi connectivity index (χ0v) is 24.4. The van der Waals surface area contributed by atoms with Crippen LogP contribution in [0.1, 0.15) is 78.4 Å². The van der Waals surface area contributed by atoms with Crippen LogP contribution in [-0.2, 0) is 4.79 Å². The number of phenolic OH excluding ortho intramolecular Hbond substituents is 1. The van der Waals surface area contributed by atoms with Gasteiger partial charge in [0.15, 0.2) is 0 Å². The summed E-state index contributed by atoms with van der Waals surface area (Å²) in [7, 11) is 0. The van der Waals surface area contributed by atoms with Crippen molar-refractivity contribution in [2.45, 2.75) is 72.8 Å². The molecule has 0 heterocycles. The lowest BCUT2D eigenvalue weighted by Crippen LogP contribution is -2.19. The molecule has 0 aliphatic rings. The maximum Gasteiger partial charge on any atom is 0.327 e. The first-order valence-corrected chi connectivity index (χ1v) is 13.8. The largest absolute Gasteiger partial charge is 0.507 e. The van der Waals surface area contributed by atoms with Gasteiger partial charge in [-0.25, -0.2) is 4.79 Å². The lowest BCUT2D eigenvalue weighted by molar-refractivity contribution is -0.131. The summed E-state index contributed by atoms with van der Waals surface area (Å²) in [6, 6.07) is 5.09. The molecule has 0 spiro atoms. The number of aliphatic hydroxyl groups excluding tert-OH is 1. The van der Waals surface area contributed by atoms with Crippen molar-refractivity contribution in [1.82, 2.24) is 0 Å². The number of hydrogen-bond acceptors (Lipinski definition) is 3. The Labute approximate surface area is 232 Å². The van der Waals surface area contributed by atoms with Gasteiger partial charge >= 0.3 is 5.97 Å². The van der Waals surface area contributed by atoms with Crippen molar-refractivity contribution in [3.05, 3.63) is 76.8 Å². The van der Waals surface area contributed by atoms with Crippen LogP contribution >= 0.6 is 15.9 Å². The van der Waals surface area contributed by atoms with Crippen molar-refractivity contribution in [2.24, 2.45) is 23.2 Å². The smallest absolute Gasteiger partial charge is 0.327 e. The molecule has 202 valence electrons. The molecular weight excluding hydrogens is 528 g/mol. The van der Waals surface area contributed by atoms with E-state index >= 15 is 0 Å². The van der Waals surface area contributed by atoms with Crippen LogP contribution in [0.3, 0.4) is 0 Å². The predicted molar refractivity (Wildman–Crippen MR) is 157 cm³/mol. The standard InChI is InChI=1S/C32H43BrO4/c1-24(17-12-20-29(35)36)15-11-16-26(3)22-21-25(2)14-9-7-6-8-10-23-32(4,5)31(37)27-18-13-19-28(34)30(27)33/h7,9-10,12-13,18-26,31,34,37H,11,14-17H2,1-5H3,(H,35,36)/b9-7+,20-12-,22-21+,23-10+/t24-,25+,26+,31?/m1/s1. The van der Waals surface area contributed by atoms with E-state index in [4.69, 9.17) is 5.11 Å². The van der Waals surface area contributed by atoms with E-state index in [1.807, 2.05) is 26.0 Å². The van der Waals surface area contributed by atoms with E-state index in [0.29, 0.717) is 27.8 Å². The maximum atomic E-state index is 10.8. The summed E-state index contributed by atoms with van der Waals surface area (Å²) in [6.45, 7) is 10.5. The Hall–Kier alpha value is -2.55. The van der Waals surface area contributed by atoms with E-state index in [9.17, 15) is 15.0 Å². The molecule has 1 aromatic carbocycles. The summed E-state index contributed by atoms with van der Waals surface area (Å²) < 4.78 is 0.507. The van der Waals surface area contributed by atoms with Gasteiger partial charge in [0, 0.05) is 11.5 Å². The lowest BCUT2D eigenvalue weighted by Gasteiger charge is -2.28. The quantitative estimate of drug-likeness (QED) is 0.119. The molecule has 0 saturated heterocycles. The van der Waals surface area contributed by atoms with Crippen LogP contribution in [-0.4, -0.2) is 21.3 Å². The normalized spacial score (nSPS) is 15.8. The summed E-state index contributed by atoms with van der Waals surface area (Å²) in [5, 5.41) is 29.3. The van der Waals surface area contributed by atoms with Crippen LogP contribution in [0.25, 0.3) is 0 Å². The molecule has 4 atom stereocenters. The van der Waals surface area contributed by atoms with Gasteiger partial charge < -0.3 is 15.3 Å². The highest BCUT2D eigenvalue weighted by Crippen LogP contribution is 2.40. The van der Waals surface area contributed by atoms with Gasteiger partial charge in [-0.3, -0.25) is 0 Å². The van der Waals surface area contributed by atoms with Crippen molar-refractivity contribution < 1.29 is 20.1 Å². The van der Waals surface area contributed by atoms with Crippen molar-refractivity contribution >= 4 is 21.9 Å². The van der Waals surface area contributed by atoms with E-state index in [0.717, 1.165) is 32.1 Å². The fourth-order valence-electron chi connectivity index (χ4n) is 3.80. The van der Waals surface area contributed by atoms with Crippen LogP contribution in [0.4, 0.5) is 0 Å². The zero-order chi connectivity index (χ0) is 27.8. The number of benzene rings is 1. The topological polar surface area (TPSA) is 77.8 Å². The third kappa shape index (κ3) is 13.5. The number of hydrogen-bond donors (Lipinski definition) is 3. The number of aliphatic hydroxyl groups is 1. The predicted octanol–water partition coefficient (Wildman–Crippen LogP) is 8.39. The van der Waals surface area contributed by atoms with Crippen LogP contribution in [0.2, 0.25) is 0 Å². The molecule has 1 unspecified atom stereocenters. The number of aromatic hydroxyl groups is 1. The fraction of sp³-hybridized carbons (Fsp3) is 0.469. The van der Waals surface area contributed by atoms with E-state index < -0.39 is 17.5 Å². The monoisotopic (exact) mass is 570 g/mol. The third-order valence-corrected chi connectivity index (χ3v) is 7.18. The van der Waals surface area contributed by atoms with E-state index in [1.54, 1.807) is 30.4 Å². The molecule has 5 heteroatoms. The van der Waals surface area contributed by atoms with Gasteiger partial charge in [-0.15, -0.1) is 0 Å². The first-order chi connectivity index (χ1) is 17.4. The molecular formula is C32H43BrO4. The van der Waals surface area contributed by atoms with Gasteiger partial charge in [0.2, 0.25) is 0 Å². The van der Waals surface area contributed by atoms with Crippen LogP contribution in [0.5, 0.6) is 5.75 Å². The molecule has 1 aromatic rings. The van der Waals surface area contributed by atoms with Gasteiger partial charge in [-0.2, -0.15) is 0 Å². The Balaban J connectivity index is 2.41. The minimum Gasteiger partial charge on any atom is -0.507 e. The zero-order valence-electron chi connectivity index (χ0n) is 22.8. The molecule has 3 N–H and O–H groups in total.